The van der Waals surface area contributed by atoms with Crippen molar-refractivity contribution in [2.24, 2.45) is 5.41 Å². The van der Waals surface area contributed by atoms with E-state index in [1.54, 1.807) is 6.07 Å². The van der Waals surface area contributed by atoms with E-state index in [2.05, 4.69) is 27.7 Å². The van der Waals surface area contributed by atoms with Gasteiger partial charge in [0.1, 0.15) is 5.75 Å². The largest absolute Gasteiger partial charge is 0.507 e. The molecule has 0 radical (unpaired) electrons. The Labute approximate surface area is 86.1 Å². The summed E-state index contributed by atoms with van der Waals surface area (Å²) >= 11 is 0. The van der Waals surface area contributed by atoms with Crippen LogP contribution in [0.4, 0.5) is 0 Å². The van der Waals surface area contributed by atoms with Crippen molar-refractivity contribution < 1.29 is 5.11 Å². The van der Waals surface area contributed by atoms with Gasteiger partial charge in [0, 0.05) is 5.56 Å². The van der Waals surface area contributed by atoms with Crippen LogP contribution in [0.25, 0.3) is 6.08 Å². The van der Waals surface area contributed by atoms with Gasteiger partial charge in [0.25, 0.3) is 0 Å². The van der Waals surface area contributed by atoms with Crippen LogP contribution in [0.5, 0.6) is 5.75 Å². The van der Waals surface area contributed by atoms with E-state index in [9.17, 15) is 5.11 Å². The molecule has 0 aliphatic carbocycles. The second-order valence-electron chi connectivity index (χ2n) is 4.64. The Hall–Kier alpha value is -1.24. The molecule has 1 rings (SSSR count). The van der Waals surface area contributed by atoms with Gasteiger partial charge in [-0.3, -0.25) is 0 Å². The van der Waals surface area contributed by atoms with Crippen LogP contribution in [-0.2, 0) is 0 Å². The molecule has 0 bridgehead atoms. The van der Waals surface area contributed by atoms with Crippen LogP contribution in [0, 0.1) is 5.41 Å². The monoisotopic (exact) mass is 190 g/mol. The molecule has 1 aromatic carbocycles. The zero-order valence-corrected chi connectivity index (χ0v) is 9.33. The summed E-state index contributed by atoms with van der Waals surface area (Å²) in [6.45, 7) is 8.59. The molecule has 1 aromatic rings. The first-order valence-corrected chi connectivity index (χ1v) is 4.88. The first-order valence-electron chi connectivity index (χ1n) is 4.88. The molecule has 0 fully saturated rings. The number of aromatic hydroxyl groups is 1. The van der Waals surface area contributed by atoms with Crippen molar-refractivity contribution in [3.8, 4) is 5.75 Å². The molecule has 0 spiro atoms. The Morgan fingerprint density at radius 3 is 2.29 bits per heavy atom. The van der Waals surface area contributed by atoms with Crippen molar-refractivity contribution >= 4 is 6.08 Å². The topological polar surface area (TPSA) is 20.2 Å². The fourth-order valence-corrected chi connectivity index (χ4v) is 1.06. The van der Waals surface area contributed by atoms with E-state index >= 15 is 0 Å². The summed E-state index contributed by atoms with van der Waals surface area (Å²) in [6.07, 6.45) is 2.04. The minimum absolute atomic E-state index is 0.155. The highest BCUT2D eigenvalue weighted by molar-refractivity contribution is 5.59. The molecule has 0 saturated heterocycles. The van der Waals surface area contributed by atoms with E-state index in [4.69, 9.17) is 0 Å². The number of para-hydroxylation sites is 1. The first-order chi connectivity index (χ1) is 6.41. The molecule has 0 atom stereocenters. The second-order valence-corrected chi connectivity index (χ2v) is 4.64. The van der Waals surface area contributed by atoms with Crippen molar-refractivity contribution in [3.05, 3.63) is 35.4 Å². The Bertz CT molecular complexity index is 342. The average molecular weight is 190 g/mol. The lowest BCUT2D eigenvalue weighted by atomic mass is 9.86. The lowest BCUT2D eigenvalue weighted by Gasteiger charge is -2.19. The highest BCUT2D eigenvalue weighted by Crippen LogP contribution is 2.28. The maximum Gasteiger partial charge on any atom is 0.122 e. The highest BCUT2D eigenvalue weighted by atomic mass is 16.3. The summed E-state index contributed by atoms with van der Waals surface area (Å²) in [7, 11) is 0. The molecule has 0 unspecified atom stereocenters. The SMILES string of the molecule is C/C(=C\c1ccccc1O)C(C)(C)C. The van der Waals surface area contributed by atoms with Gasteiger partial charge in [0.05, 0.1) is 0 Å². The fourth-order valence-electron chi connectivity index (χ4n) is 1.06. The number of benzene rings is 1. The summed E-state index contributed by atoms with van der Waals surface area (Å²) in [5.74, 6) is 0.344. The van der Waals surface area contributed by atoms with Gasteiger partial charge in [-0.1, -0.05) is 50.6 Å². The quantitative estimate of drug-likeness (QED) is 0.713. The minimum atomic E-state index is 0.155. The van der Waals surface area contributed by atoms with Crippen molar-refractivity contribution in [2.75, 3.05) is 0 Å². The summed E-state index contributed by atoms with van der Waals surface area (Å²) in [5, 5.41) is 9.58. The minimum Gasteiger partial charge on any atom is -0.507 e. The lowest BCUT2D eigenvalue weighted by Crippen LogP contribution is -2.05. The van der Waals surface area contributed by atoms with Crippen LogP contribution in [0.1, 0.15) is 33.3 Å². The molecule has 0 aliphatic rings. The number of hydrogen-bond acceptors (Lipinski definition) is 1. The predicted molar refractivity (Wildman–Crippen MR) is 61.2 cm³/mol. The summed E-state index contributed by atoms with van der Waals surface area (Å²) in [6, 6.07) is 7.40. The smallest absolute Gasteiger partial charge is 0.122 e. The number of rotatable bonds is 1. The third-order valence-electron chi connectivity index (χ3n) is 2.49. The van der Waals surface area contributed by atoms with Crippen LogP contribution < -0.4 is 0 Å². The van der Waals surface area contributed by atoms with Gasteiger partial charge in [-0.15, -0.1) is 0 Å². The molecule has 1 heteroatoms. The van der Waals surface area contributed by atoms with E-state index in [0.29, 0.717) is 5.75 Å². The Balaban J connectivity index is 3.04. The van der Waals surface area contributed by atoms with E-state index in [0.717, 1.165) is 5.56 Å². The Kier molecular flexibility index (Phi) is 3.00. The maximum atomic E-state index is 9.58. The zero-order chi connectivity index (χ0) is 10.8. The number of allylic oxidation sites excluding steroid dienone is 1. The van der Waals surface area contributed by atoms with Gasteiger partial charge in [0.2, 0.25) is 0 Å². The van der Waals surface area contributed by atoms with Gasteiger partial charge >= 0.3 is 0 Å². The molecular weight excluding hydrogens is 172 g/mol. The van der Waals surface area contributed by atoms with Gasteiger partial charge in [-0.05, 0) is 18.4 Å². The van der Waals surface area contributed by atoms with E-state index in [1.807, 2.05) is 24.3 Å². The molecule has 0 heterocycles. The van der Waals surface area contributed by atoms with Crippen LogP contribution >= 0.6 is 0 Å². The van der Waals surface area contributed by atoms with Crippen LogP contribution in [0.15, 0.2) is 29.8 Å². The fraction of sp³-hybridized carbons (Fsp3) is 0.385. The van der Waals surface area contributed by atoms with E-state index < -0.39 is 0 Å². The van der Waals surface area contributed by atoms with Crippen molar-refractivity contribution in [1.82, 2.24) is 0 Å². The summed E-state index contributed by atoms with van der Waals surface area (Å²) in [5.41, 5.74) is 2.31. The molecule has 0 aromatic heterocycles. The Morgan fingerprint density at radius 2 is 1.79 bits per heavy atom. The third kappa shape index (κ3) is 2.63. The highest BCUT2D eigenvalue weighted by Gasteiger charge is 2.12. The molecule has 76 valence electrons. The van der Waals surface area contributed by atoms with Crippen LogP contribution in [0.3, 0.4) is 0 Å². The van der Waals surface area contributed by atoms with Crippen LogP contribution in [-0.4, -0.2) is 5.11 Å². The molecular formula is C13H18O. The molecule has 1 N–H and O–H groups in total. The van der Waals surface area contributed by atoms with Crippen LogP contribution in [0.2, 0.25) is 0 Å². The van der Waals surface area contributed by atoms with Gasteiger partial charge in [0.15, 0.2) is 0 Å². The van der Waals surface area contributed by atoms with Crippen molar-refractivity contribution in [2.45, 2.75) is 27.7 Å². The van der Waals surface area contributed by atoms with E-state index in [1.165, 1.54) is 5.57 Å². The normalized spacial score (nSPS) is 13.0. The van der Waals surface area contributed by atoms with Gasteiger partial charge < -0.3 is 5.11 Å². The van der Waals surface area contributed by atoms with Gasteiger partial charge in [-0.2, -0.15) is 0 Å². The second kappa shape index (κ2) is 3.87. The summed E-state index contributed by atoms with van der Waals surface area (Å²) in [4.78, 5) is 0. The van der Waals surface area contributed by atoms with E-state index in [-0.39, 0.29) is 5.41 Å². The molecule has 14 heavy (non-hydrogen) atoms. The maximum absolute atomic E-state index is 9.58. The molecule has 0 aliphatic heterocycles. The standard InChI is InChI=1S/C13H18O/c1-10(13(2,3)4)9-11-7-5-6-8-12(11)14/h5-9,14H,1-4H3/b10-9+. The molecule has 0 amide bonds. The molecule has 1 nitrogen and oxygen atoms in total. The lowest BCUT2D eigenvalue weighted by molar-refractivity contribution is 0.473. The Morgan fingerprint density at radius 1 is 1.21 bits per heavy atom. The number of hydrogen-bond donors (Lipinski definition) is 1. The predicted octanol–water partition coefficient (Wildman–Crippen LogP) is 3.84. The van der Waals surface area contributed by atoms with Crippen molar-refractivity contribution in [1.29, 1.82) is 0 Å². The zero-order valence-electron chi connectivity index (χ0n) is 9.33. The number of phenols is 1. The van der Waals surface area contributed by atoms with Gasteiger partial charge in [-0.25, -0.2) is 0 Å². The number of phenolic OH excluding ortho intramolecular Hbond substituents is 1. The third-order valence-corrected chi connectivity index (χ3v) is 2.49. The molecule has 0 saturated carbocycles. The summed E-state index contributed by atoms with van der Waals surface area (Å²) < 4.78 is 0. The van der Waals surface area contributed by atoms with Crippen molar-refractivity contribution in [3.63, 3.8) is 0 Å². The average Bonchev–Trinajstić information content (AvgIpc) is 2.07. The first kappa shape index (κ1) is 10.8.